The molecule has 21 heavy (non-hydrogen) atoms. The SMILES string of the molecule is Cc1cccc(C(=O)O)c1NC(=O)N1CCCC(C)(C)C1. The van der Waals surface area contributed by atoms with Gasteiger partial charge >= 0.3 is 12.0 Å². The maximum Gasteiger partial charge on any atom is 0.337 e. The Balaban J connectivity index is 2.18. The van der Waals surface area contributed by atoms with Crippen molar-refractivity contribution in [2.24, 2.45) is 5.41 Å². The summed E-state index contributed by atoms with van der Waals surface area (Å²) in [4.78, 5) is 25.4. The Morgan fingerprint density at radius 3 is 2.67 bits per heavy atom. The van der Waals surface area contributed by atoms with Gasteiger partial charge in [-0.15, -0.1) is 0 Å². The summed E-state index contributed by atoms with van der Waals surface area (Å²) in [5, 5.41) is 12.0. The van der Waals surface area contributed by atoms with Gasteiger partial charge in [-0.2, -0.15) is 0 Å². The number of nitrogens with one attached hydrogen (secondary N) is 1. The molecule has 0 atom stereocenters. The standard InChI is InChI=1S/C16H22N2O3/c1-11-6-4-7-12(14(19)20)13(11)17-15(21)18-9-5-8-16(2,3)10-18/h4,6-7H,5,8-10H2,1-3H3,(H,17,21)(H,19,20). The third kappa shape index (κ3) is 3.54. The summed E-state index contributed by atoms with van der Waals surface area (Å²) in [6, 6.07) is 4.76. The van der Waals surface area contributed by atoms with Crippen LogP contribution in [-0.2, 0) is 0 Å². The molecule has 1 aromatic rings. The Labute approximate surface area is 125 Å². The van der Waals surface area contributed by atoms with Crippen LogP contribution in [0, 0.1) is 12.3 Å². The van der Waals surface area contributed by atoms with Gasteiger partial charge < -0.3 is 15.3 Å². The van der Waals surface area contributed by atoms with Crippen molar-refractivity contribution in [1.82, 2.24) is 4.90 Å². The van der Waals surface area contributed by atoms with E-state index in [0.717, 1.165) is 18.4 Å². The van der Waals surface area contributed by atoms with Crippen molar-refractivity contribution >= 4 is 17.7 Å². The van der Waals surface area contributed by atoms with Gasteiger partial charge in [0, 0.05) is 13.1 Å². The van der Waals surface area contributed by atoms with Crippen LogP contribution in [0.1, 0.15) is 42.6 Å². The first-order chi connectivity index (χ1) is 9.80. The second kappa shape index (κ2) is 5.76. The topological polar surface area (TPSA) is 69.6 Å². The quantitative estimate of drug-likeness (QED) is 0.877. The van der Waals surface area contributed by atoms with Gasteiger partial charge in [0.1, 0.15) is 0 Å². The number of likely N-dealkylation sites (tertiary alicyclic amines) is 1. The Hall–Kier alpha value is -2.04. The van der Waals surface area contributed by atoms with Crippen molar-refractivity contribution in [3.05, 3.63) is 29.3 Å². The molecule has 0 unspecified atom stereocenters. The van der Waals surface area contributed by atoms with Crippen molar-refractivity contribution in [3.8, 4) is 0 Å². The number of carboxylic acids is 1. The lowest BCUT2D eigenvalue weighted by molar-refractivity contribution is 0.0698. The van der Waals surface area contributed by atoms with Gasteiger partial charge in [-0.1, -0.05) is 26.0 Å². The van der Waals surface area contributed by atoms with Crippen LogP contribution in [0.2, 0.25) is 0 Å². The van der Waals surface area contributed by atoms with Crippen LogP contribution in [0.25, 0.3) is 0 Å². The first-order valence-electron chi connectivity index (χ1n) is 7.19. The number of hydrogen-bond acceptors (Lipinski definition) is 2. The molecule has 1 saturated heterocycles. The number of anilines is 1. The van der Waals surface area contributed by atoms with E-state index in [-0.39, 0.29) is 17.0 Å². The molecule has 114 valence electrons. The van der Waals surface area contributed by atoms with Crippen LogP contribution in [-0.4, -0.2) is 35.1 Å². The van der Waals surface area contributed by atoms with E-state index in [1.807, 2.05) is 0 Å². The Morgan fingerprint density at radius 2 is 2.05 bits per heavy atom. The van der Waals surface area contributed by atoms with E-state index in [9.17, 15) is 14.7 Å². The van der Waals surface area contributed by atoms with E-state index in [2.05, 4.69) is 19.2 Å². The van der Waals surface area contributed by atoms with E-state index in [1.54, 1.807) is 24.0 Å². The highest BCUT2D eigenvalue weighted by Gasteiger charge is 2.29. The third-order valence-electron chi connectivity index (χ3n) is 3.92. The summed E-state index contributed by atoms with van der Waals surface area (Å²) in [7, 11) is 0. The number of nitrogens with zero attached hydrogens (tertiary/aromatic N) is 1. The first-order valence-corrected chi connectivity index (χ1v) is 7.19. The Morgan fingerprint density at radius 1 is 1.33 bits per heavy atom. The summed E-state index contributed by atoms with van der Waals surface area (Å²) in [6.07, 6.45) is 2.07. The van der Waals surface area contributed by atoms with Gasteiger partial charge in [0.15, 0.2) is 0 Å². The molecule has 0 radical (unpaired) electrons. The van der Waals surface area contributed by atoms with Crippen LogP contribution >= 0.6 is 0 Å². The Bertz CT molecular complexity index is 567. The van der Waals surface area contributed by atoms with E-state index in [0.29, 0.717) is 18.8 Å². The average Bonchev–Trinajstić information content (AvgIpc) is 2.39. The van der Waals surface area contributed by atoms with Gasteiger partial charge in [-0.3, -0.25) is 0 Å². The smallest absolute Gasteiger partial charge is 0.337 e. The average molecular weight is 290 g/mol. The molecule has 1 aromatic carbocycles. The summed E-state index contributed by atoms with van der Waals surface area (Å²) in [6.45, 7) is 7.48. The number of carbonyl (C=O) groups excluding carboxylic acids is 1. The number of aromatic carboxylic acids is 1. The number of urea groups is 1. The van der Waals surface area contributed by atoms with E-state index in [1.165, 1.54) is 6.07 Å². The van der Waals surface area contributed by atoms with Crippen LogP contribution < -0.4 is 5.32 Å². The third-order valence-corrected chi connectivity index (χ3v) is 3.92. The van der Waals surface area contributed by atoms with E-state index in [4.69, 9.17) is 0 Å². The number of carboxylic acid groups (broad SMARTS) is 1. The van der Waals surface area contributed by atoms with Crippen molar-refractivity contribution in [3.63, 3.8) is 0 Å². The van der Waals surface area contributed by atoms with Crippen molar-refractivity contribution in [1.29, 1.82) is 0 Å². The zero-order valence-corrected chi connectivity index (χ0v) is 12.8. The lowest BCUT2D eigenvalue weighted by Crippen LogP contribution is -2.45. The molecule has 2 rings (SSSR count). The molecule has 0 spiro atoms. The molecule has 2 amide bonds. The molecule has 0 saturated carbocycles. The minimum absolute atomic E-state index is 0.108. The number of benzene rings is 1. The molecule has 1 aliphatic rings. The molecule has 1 aliphatic heterocycles. The lowest BCUT2D eigenvalue weighted by atomic mass is 9.84. The fourth-order valence-electron chi connectivity index (χ4n) is 2.79. The number of para-hydroxylation sites is 1. The fraction of sp³-hybridized carbons (Fsp3) is 0.500. The van der Waals surface area contributed by atoms with E-state index < -0.39 is 5.97 Å². The highest BCUT2D eigenvalue weighted by Crippen LogP contribution is 2.29. The van der Waals surface area contributed by atoms with Gasteiger partial charge in [0.25, 0.3) is 0 Å². The van der Waals surface area contributed by atoms with Crippen molar-refractivity contribution < 1.29 is 14.7 Å². The van der Waals surface area contributed by atoms with Crippen LogP contribution in [0.4, 0.5) is 10.5 Å². The number of rotatable bonds is 2. The normalized spacial score (nSPS) is 17.4. The lowest BCUT2D eigenvalue weighted by Gasteiger charge is -2.38. The highest BCUT2D eigenvalue weighted by molar-refractivity contribution is 6.01. The molecular formula is C16H22N2O3. The maximum absolute atomic E-state index is 12.4. The molecule has 0 aliphatic carbocycles. The number of piperidine rings is 1. The second-order valence-corrected chi connectivity index (χ2v) is 6.42. The number of aryl methyl sites for hydroxylation is 1. The summed E-state index contributed by atoms with van der Waals surface area (Å²) in [5.41, 5.74) is 1.37. The fourth-order valence-corrected chi connectivity index (χ4v) is 2.79. The van der Waals surface area contributed by atoms with Gasteiger partial charge in [-0.05, 0) is 36.8 Å². The number of carbonyl (C=O) groups is 2. The van der Waals surface area contributed by atoms with Crippen molar-refractivity contribution in [2.45, 2.75) is 33.6 Å². The molecule has 0 bridgehead atoms. The van der Waals surface area contributed by atoms with Gasteiger partial charge in [-0.25, -0.2) is 9.59 Å². The maximum atomic E-state index is 12.4. The number of amides is 2. The molecule has 1 fully saturated rings. The predicted octanol–water partition coefficient (Wildman–Crippen LogP) is 3.35. The summed E-state index contributed by atoms with van der Waals surface area (Å²) in [5.74, 6) is -1.03. The van der Waals surface area contributed by atoms with Gasteiger partial charge in [0.05, 0.1) is 11.3 Å². The van der Waals surface area contributed by atoms with Crippen LogP contribution in [0.15, 0.2) is 18.2 Å². The Kier molecular flexibility index (Phi) is 4.21. The largest absolute Gasteiger partial charge is 0.478 e. The zero-order chi connectivity index (χ0) is 15.6. The highest BCUT2D eigenvalue weighted by atomic mass is 16.4. The van der Waals surface area contributed by atoms with Crippen LogP contribution in [0.5, 0.6) is 0 Å². The van der Waals surface area contributed by atoms with Gasteiger partial charge in [0.2, 0.25) is 0 Å². The monoisotopic (exact) mass is 290 g/mol. The van der Waals surface area contributed by atoms with E-state index >= 15 is 0 Å². The first kappa shape index (κ1) is 15.4. The minimum atomic E-state index is -1.03. The van der Waals surface area contributed by atoms with Crippen molar-refractivity contribution in [2.75, 3.05) is 18.4 Å². The summed E-state index contributed by atoms with van der Waals surface area (Å²) < 4.78 is 0. The molecule has 5 heteroatoms. The summed E-state index contributed by atoms with van der Waals surface area (Å²) >= 11 is 0. The zero-order valence-electron chi connectivity index (χ0n) is 12.8. The molecule has 2 N–H and O–H groups in total. The molecule has 5 nitrogen and oxygen atoms in total. The molecule has 1 heterocycles. The number of hydrogen-bond donors (Lipinski definition) is 2. The molecule has 0 aromatic heterocycles. The second-order valence-electron chi connectivity index (χ2n) is 6.42. The molecular weight excluding hydrogens is 268 g/mol. The predicted molar refractivity (Wildman–Crippen MR) is 81.7 cm³/mol. The minimum Gasteiger partial charge on any atom is -0.478 e. The van der Waals surface area contributed by atoms with Crippen LogP contribution in [0.3, 0.4) is 0 Å².